The maximum atomic E-state index is 2.61. The Hall–Kier alpha value is 0.112. The molecule has 3 rings (SSSR count). The summed E-state index contributed by atoms with van der Waals surface area (Å²) in [5, 5.41) is 3.32. The monoisotopic (exact) mass is 394 g/mol. The van der Waals surface area contributed by atoms with E-state index in [9.17, 15) is 0 Å². The predicted molar refractivity (Wildman–Crippen MR) is 124 cm³/mol. The molecule has 0 unspecified atom stereocenters. The summed E-state index contributed by atoms with van der Waals surface area (Å²) in [5.74, 6) is 3.28. The molecule has 1 aliphatic carbocycles. The van der Waals surface area contributed by atoms with Gasteiger partial charge in [-0.25, -0.2) is 16.4 Å². The Morgan fingerprint density at radius 1 is 1.07 bits per heavy atom. The fraction of sp³-hybridized carbons (Fsp3) is 0.615. The van der Waals surface area contributed by atoms with Crippen LogP contribution < -0.4 is 48.1 Å². The quantitative estimate of drug-likeness (QED) is 0.519. The molecule has 0 heterocycles. The van der Waals surface area contributed by atoms with Crippen molar-refractivity contribution in [2.24, 2.45) is 17.8 Å². The van der Waals surface area contributed by atoms with Crippen molar-refractivity contribution in [3.8, 4) is 0 Å². The third-order valence-electron chi connectivity index (χ3n) is 8.01. The second-order valence-electron chi connectivity index (χ2n) is 10.4. The van der Waals surface area contributed by atoms with Crippen LogP contribution in [0.25, 0.3) is 0 Å². The Morgan fingerprint density at radius 2 is 1.69 bits per heavy atom. The molecule has 2 aromatic rings. The third kappa shape index (κ3) is 4.97. The Labute approximate surface area is 205 Å². The van der Waals surface area contributed by atoms with Gasteiger partial charge in [-0.2, -0.15) is 39.9 Å². The minimum Gasteiger partial charge on any atom is -0.210 e. The van der Waals surface area contributed by atoms with Gasteiger partial charge < -0.3 is 0 Å². The van der Waals surface area contributed by atoms with Crippen molar-refractivity contribution < 1.29 is 37.7 Å². The van der Waals surface area contributed by atoms with Gasteiger partial charge in [0.1, 0.15) is 0 Å². The molecule has 0 aromatic heterocycles. The maximum Gasteiger partial charge on any atom is 1.00 e. The molecule has 2 aromatic carbocycles. The van der Waals surface area contributed by atoms with Crippen LogP contribution in [0.15, 0.2) is 18.2 Å². The smallest absolute Gasteiger partial charge is 0.210 e. The van der Waals surface area contributed by atoms with Crippen molar-refractivity contribution in [1.29, 1.82) is 0 Å². The zero-order chi connectivity index (χ0) is 20.1. The van der Waals surface area contributed by atoms with E-state index in [1.54, 1.807) is 27.1 Å². The van der Waals surface area contributed by atoms with Crippen molar-refractivity contribution in [1.82, 2.24) is 0 Å². The summed E-state index contributed by atoms with van der Waals surface area (Å²) in [6.07, 6.45) is 4.20. The van der Waals surface area contributed by atoms with E-state index in [1.807, 2.05) is 0 Å². The molecule has 0 radical (unpaired) electrons. The Bertz CT molecular complexity index is 784. The molecule has 0 nitrogen and oxygen atoms in total. The van der Waals surface area contributed by atoms with Crippen molar-refractivity contribution in [2.45, 2.75) is 86.7 Å². The van der Waals surface area contributed by atoms with Gasteiger partial charge in [0.05, 0.1) is 0 Å². The average molecular weight is 395 g/mol. The minimum atomic E-state index is -1.66. The molecule has 0 spiro atoms. The van der Waals surface area contributed by atoms with Crippen LogP contribution in [0.4, 0.5) is 0 Å². The molecule has 3 atom stereocenters. The number of hydrogen-bond acceptors (Lipinski definition) is 0. The second-order valence-corrected chi connectivity index (χ2v) is 14.7. The first kappa shape index (κ1) is 27.1. The van der Waals surface area contributed by atoms with Crippen LogP contribution in [0.2, 0.25) is 13.1 Å². The average Bonchev–Trinajstić information content (AvgIpc) is 3.16. The van der Waals surface area contributed by atoms with Crippen LogP contribution in [0.3, 0.4) is 0 Å². The predicted octanol–water partition coefficient (Wildman–Crippen LogP) is 0.364. The zero-order valence-corrected chi connectivity index (χ0v) is 22.2. The molecule has 0 bridgehead atoms. The topological polar surface area (TPSA) is 0 Å². The van der Waals surface area contributed by atoms with Crippen LogP contribution >= 0.6 is 0 Å². The molecule has 1 saturated carbocycles. The third-order valence-corrected chi connectivity index (χ3v) is 11.8. The number of hydrogen-bond donors (Lipinski definition) is 0. The van der Waals surface area contributed by atoms with Gasteiger partial charge in [0.2, 0.25) is 0 Å². The fourth-order valence-corrected chi connectivity index (χ4v) is 9.53. The van der Waals surface area contributed by atoms with Crippen molar-refractivity contribution >= 4 is 18.4 Å². The molecule has 1 aliphatic rings. The van der Waals surface area contributed by atoms with E-state index in [1.165, 1.54) is 30.4 Å². The first-order chi connectivity index (χ1) is 12.6. The van der Waals surface area contributed by atoms with Gasteiger partial charge in [-0.1, -0.05) is 68.0 Å². The summed E-state index contributed by atoms with van der Waals surface area (Å²) in [5.41, 5.74) is 7.75. The summed E-state index contributed by atoms with van der Waals surface area (Å²) in [7, 11) is -1.66. The molecule has 29 heavy (non-hydrogen) atoms. The largest absolute Gasteiger partial charge is 1.00 e. The number of rotatable bonds is 4. The van der Waals surface area contributed by atoms with E-state index >= 15 is 0 Å². The molecule has 0 saturated heterocycles. The van der Waals surface area contributed by atoms with Gasteiger partial charge in [-0.05, 0) is 44.6 Å². The summed E-state index contributed by atoms with van der Waals surface area (Å²) >= 11 is 0. The van der Waals surface area contributed by atoms with Crippen LogP contribution in [0, 0.1) is 45.4 Å². The standard InChI is InChI=1S/C26H40Si.2Li/c1-16(2)24-13-10-17(3)14-25(24)22-11-12-23(15-22)27(8,9)26-20(6)18(4)19(5)21(26)7;;/h11-12,15-17,24-25H,10,13-14H2,1-9H3;;/q-2;2*+1/t17-,24+,25-;;/m1../s1. The van der Waals surface area contributed by atoms with E-state index < -0.39 is 8.07 Å². The van der Waals surface area contributed by atoms with Crippen LogP contribution in [0.5, 0.6) is 0 Å². The first-order valence-electron chi connectivity index (χ1n) is 11.1. The zero-order valence-electron chi connectivity index (χ0n) is 21.2. The Balaban J connectivity index is 0.00000210. The van der Waals surface area contributed by atoms with E-state index in [-0.39, 0.29) is 37.7 Å². The van der Waals surface area contributed by atoms with Gasteiger partial charge >= 0.3 is 37.7 Å². The molecule has 0 amide bonds. The summed E-state index contributed by atoms with van der Waals surface area (Å²) < 4.78 is 0. The van der Waals surface area contributed by atoms with Crippen LogP contribution in [0.1, 0.15) is 73.8 Å². The SMILES string of the molecule is Cc1c([Si](C)(C)c2c[cH-]c([C@H]3C[C@H](C)CC[C@H]3C(C)C)c2)c(C)[c-](C)c1C.[Li+].[Li+]. The molecule has 0 N–H and O–H groups in total. The molecule has 1 fully saturated rings. The van der Waals surface area contributed by atoms with Gasteiger partial charge in [-0.3, -0.25) is 0 Å². The van der Waals surface area contributed by atoms with Crippen molar-refractivity contribution in [3.63, 3.8) is 0 Å². The van der Waals surface area contributed by atoms with Gasteiger partial charge in [-0.15, -0.1) is 0 Å². The minimum absolute atomic E-state index is 0. The van der Waals surface area contributed by atoms with Crippen LogP contribution in [-0.4, -0.2) is 8.07 Å². The van der Waals surface area contributed by atoms with E-state index in [2.05, 4.69) is 79.8 Å². The fourth-order valence-electron chi connectivity index (χ4n) is 5.97. The normalized spacial score (nSPS) is 22.3. The summed E-state index contributed by atoms with van der Waals surface area (Å²) in [6.45, 7) is 21.7. The van der Waals surface area contributed by atoms with Crippen molar-refractivity contribution in [3.05, 3.63) is 46.0 Å². The molecular formula is C26H40Li2Si. The first-order valence-corrected chi connectivity index (χ1v) is 14.1. The second kappa shape index (κ2) is 10.2. The van der Waals surface area contributed by atoms with E-state index in [4.69, 9.17) is 0 Å². The van der Waals surface area contributed by atoms with Gasteiger partial charge in [0.25, 0.3) is 0 Å². The maximum absolute atomic E-state index is 2.61. The Morgan fingerprint density at radius 3 is 2.21 bits per heavy atom. The van der Waals surface area contributed by atoms with Crippen molar-refractivity contribution in [2.75, 3.05) is 0 Å². The molecule has 0 aliphatic heterocycles. The van der Waals surface area contributed by atoms with E-state index in [0.29, 0.717) is 0 Å². The van der Waals surface area contributed by atoms with Gasteiger partial charge in [0, 0.05) is 0 Å². The summed E-state index contributed by atoms with van der Waals surface area (Å²) in [6, 6.07) is 7.57. The molecule has 150 valence electrons. The molecule has 3 heteroatoms. The molecular weight excluding hydrogens is 354 g/mol. The van der Waals surface area contributed by atoms with Gasteiger partial charge in [0.15, 0.2) is 0 Å². The summed E-state index contributed by atoms with van der Waals surface area (Å²) in [4.78, 5) is 0. The Kier molecular flexibility index (Phi) is 9.50. The van der Waals surface area contributed by atoms with Crippen LogP contribution in [-0.2, 0) is 0 Å². The van der Waals surface area contributed by atoms with E-state index in [0.717, 1.165) is 23.7 Å².